The van der Waals surface area contributed by atoms with E-state index in [1.807, 2.05) is 54.6 Å². The van der Waals surface area contributed by atoms with Crippen molar-refractivity contribution in [2.45, 2.75) is 6.61 Å². The van der Waals surface area contributed by atoms with Crippen LogP contribution >= 0.6 is 0 Å². The van der Waals surface area contributed by atoms with Crippen molar-refractivity contribution < 1.29 is 4.74 Å². The van der Waals surface area contributed by atoms with Crippen LogP contribution in [0.2, 0.25) is 0 Å². The summed E-state index contributed by atoms with van der Waals surface area (Å²) in [5.74, 6) is 0.801. The second-order valence-corrected chi connectivity index (χ2v) is 4.83. The Balaban J connectivity index is 1.74. The summed E-state index contributed by atoms with van der Waals surface area (Å²) in [7, 11) is 0. The average molecular weight is 286 g/mol. The highest BCUT2D eigenvalue weighted by Gasteiger charge is 2.05. The molecular formula is C19H14N2O. The zero-order valence-electron chi connectivity index (χ0n) is 11.9. The van der Waals surface area contributed by atoms with Gasteiger partial charge < -0.3 is 4.74 Å². The standard InChI is InChI=1S/C19H14N2O/c20-12-17-10-11-21-13-19(17)16-6-8-18(9-7-16)22-14-15-4-2-1-3-5-15/h1-11,13H,14H2. The van der Waals surface area contributed by atoms with Crippen LogP contribution in [-0.4, -0.2) is 4.98 Å². The minimum absolute atomic E-state index is 0.538. The van der Waals surface area contributed by atoms with Crippen LogP contribution in [0.3, 0.4) is 0 Å². The molecule has 0 fully saturated rings. The molecule has 0 saturated carbocycles. The Kier molecular flexibility index (Phi) is 4.12. The van der Waals surface area contributed by atoms with Crippen LogP contribution in [0.5, 0.6) is 5.75 Å². The van der Waals surface area contributed by atoms with E-state index in [1.54, 1.807) is 18.5 Å². The first-order valence-corrected chi connectivity index (χ1v) is 6.98. The van der Waals surface area contributed by atoms with Crippen molar-refractivity contribution in [1.29, 1.82) is 5.26 Å². The number of benzene rings is 2. The summed E-state index contributed by atoms with van der Waals surface area (Å²) in [6.45, 7) is 0.538. The molecule has 22 heavy (non-hydrogen) atoms. The lowest BCUT2D eigenvalue weighted by atomic mass is 10.0. The maximum absolute atomic E-state index is 9.14. The van der Waals surface area contributed by atoms with E-state index in [2.05, 4.69) is 11.1 Å². The van der Waals surface area contributed by atoms with Crippen molar-refractivity contribution in [2.75, 3.05) is 0 Å². The number of aromatic nitrogens is 1. The van der Waals surface area contributed by atoms with Crippen LogP contribution in [0.15, 0.2) is 73.1 Å². The van der Waals surface area contributed by atoms with Gasteiger partial charge in [-0.3, -0.25) is 4.98 Å². The summed E-state index contributed by atoms with van der Waals surface area (Å²) in [5, 5.41) is 9.14. The number of pyridine rings is 1. The Morgan fingerprint density at radius 3 is 2.45 bits per heavy atom. The SMILES string of the molecule is N#Cc1ccncc1-c1ccc(OCc2ccccc2)cc1. The lowest BCUT2D eigenvalue weighted by Gasteiger charge is -2.08. The van der Waals surface area contributed by atoms with Crippen LogP contribution < -0.4 is 4.74 Å². The van der Waals surface area contributed by atoms with Gasteiger partial charge in [-0.1, -0.05) is 42.5 Å². The molecule has 1 aromatic heterocycles. The van der Waals surface area contributed by atoms with Gasteiger partial charge in [-0.15, -0.1) is 0 Å². The zero-order valence-corrected chi connectivity index (χ0v) is 11.9. The van der Waals surface area contributed by atoms with E-state index >= 15 is 0 Å². The second kappa shape index (κ2) is 6.55. The summed E-state index contributed by atoms with van der Waals surface area (Å²) in [4.78, 5) is 4.09. The van der Waals surface area contributed by atoms with E-state index in [0.717, 1.165) is 22.4 Å². The minimum Gasteiger partial charge on any atom is -0.489 e. The molecule has 0 spiro atoms. The Morgan fingerprint density at radius 2 is 1.73 bits per heavy atom. The Bertz CT molecular complexity index is 790. The molecule has 3 nitrogen and oxygen atoms in total. The topological polar surface area (TPSA) is 45.9 Å². The number of nitriles is 1. The first-order valence-electron chi connectivity index (χ1n) is 6.98. The van der Waals surface area contributed by atoms with Gasteiger partial charge in [0, 0.05) is 18.0 Å². The molecule has 3 aromatic rings. The number of ether oxygens (including phenoxy) is 1. The highest BCUT2D eigenvalue weighted by Crippen LogP contribution is 2.24. The third-order valence-electron chi connectivity index (χ3n) is 3.36. The molecule has 0 radical (unpaired) electrons. The molecule has 106 valence electrons. The molecule has 0 aliphatic rings. The third kappa shape index (κ3) is 3.13. The lowest BCUT2D eigenvalue weighted by molar-refractivity contribution is 0.306. The van der Waals surface area contributed by atoms with Gasteiger partial charge in [0.05, 0.1) is 11.6 Å². The van der Waals surface area contributed by atoms with Gasteiger partial charge in [0.15, 0.2) is 0 Å². The summed E-state index contributed by atoms with van der Waals surface area (Å²) < 4.78 is 5.76. The van der Waals surface area contributed by atoms with E-state index in [1.165, 1.54) is 0 Å². The summed E-state index contributed by atoms with van der Waals surface area (Å²) in [5.41, 5.74) is 3.54. The number of hydrogen-bond acceptors (Lipinski definition) is 3. The van der Waals surface area contributed by atoms with Crippen molar-refractivity contribution in [3.05, 3.63) is 84.2 Å². The molecule has 2 aromatic carbocycles. The number of hydrogen-bond donors (Lipinski definition) is 0. The molecule has 0 atom stereocenters. The molecular weight excluding hydrogens is 272 g/mol. The van der Waals surface area contributed by atoms with Crippen molar-refractivity contribution in [3.63, 3.8) is 0 Å². The summed E-state index contributed by atoms with van der Waals surface area (Å²) >= 11 is 0. The first kappa shape index (κ1) is 13.8. The Morgan fingerprint density at radius 1 is 0.955 bits per heavy atom. The van der Waals surface area contributed by atoms with Crippen molar-refractivity contribution in [2.24, 2.45) is 0 Å². The van der Waals surface area contributed by atoms with Gasteiger partial charge in [-0.2, -0.15) is 5.26 Å². The third-order valence-corrected chi connectivity index (χ3v) is 3.36. The molecule has 0 aliphatic carbocycles. The van der Waals surface area contributed by atoms with Gasteiger partial charge in [0.25, 0.3) is 0 Å². The molecule has 0 bridgehead atoms. The predicted molar refractivity (Wildman–Crippen MR) is 85.2 cm³/mol. The van der Waals surface area contributed by atoms with E-state index in [-0.39, 0.29) is 0 Å². The fourth-order valence-corrected chi connectivity index (χ4v) is 2.19. The monoisotopic (exact) mass is 286 g/mol. The van der Waals surface area contributed by atoms with Crippen molar-refractivity contribution >= 4 is 0 Å². The van der Waals surface area contributed by atoms with E-state index < -0.39 is 0 Å². The minimum atomic E-state index is 0.538. The molecule has 0 saturated heterocycles. The number of nitrogens with zero attached hydrogens (tertiary/aromatic N) is 2. The van der Waals surface area contributed by atoms with Crippen LogP contribution in [-0.2, 0) is 6.61 Å². The summed E-state index contributed by atoms with van der Waals surface area (Å²) in [6.07, 6.45) is 3.33. The van der Waals surface area contributed by atoms with Crippen LogP contribution in [0, 0.1) is 11.3 Å². The van der Waals surface area contributed by atoms with Crippen molar-refractivity contribution in [1.82, 2.24) is 4.98 Å². The van der Waals surface area contributed by atoms with Crippen molar-refractivity contribution in [3.8, 4) is 22.9 Å². The average Bonchev–Trinajstić information content (AvgIpc) is 2.61. The maximum atomic E-state index is 9.14. The van der Waals surface area contributed by atoms with Gasteiger partial charge >= 0.3 is 0 Å². The molecule has 0 aliphatic heterocycles. The fraction of sp³-hybridized carbons (Fsp3) is 0.0526. The smallest absolute Gasteiger partial charge is 0.119 e. The molecule has 0 unspecified atom stereocenters. The van der Waals surface area contributed by atoms with Crippen LogP contribution in [0.25, 0.3) is 11.1 Å². The van der Waals surface area contributed by atoms with Gasteiger partial charge in [0.1, 0.15) is 12.4 Å². The van der Waals surface area contributed by atoms with E-state index in [0.29, 0.717) is 12.2 Å². The lowest BCUT2D eigenvalue weighted by Crippen LogP contribution is -1.94. The van der Waals surface area contributed by atoms with E-state index in [4.69, 9.17) is 10.00 Å². The number of rotatable bonds is 4. The largest absolute Gasteiger partial charge is 0.489 e. The second-order valence-electron chi connectivity index (χ2n) is 4.83. The normalized spacial score (nSPS) is 9.95. The zero-order chi connectivity index (χ0) is 15.2. The van der Waals surface area contributed by atoms with E-state index in [9.17, 15) is 0 Å². The quantitative estimate of drug-likeness (QED) is 0.722. The molecule has 1 heterocycles. The molecule has 3 rings (SSSR count). The van der Waals surface area contributed by atoms with Gasteiger partial charge in [-0.05, 0) is 29.3 Å². The first-order chi connectivity index (χ1) is 10.9. The van der Waals surface area contributed by atoms with Gasteiger partial charge in [0.2, 0.25) is 0 Å². The summed E-state index contributed by atoms with van der Waals surface area (Å²) in [6, 6.07) is 21.6. The highest BCUT2D eigenvalue weighted by molar-refractivity contribution is 5.69. The highest BCUT2D eigenvalue weighted by atomic mass is 16.5. The van der Waals surface area contributed by atoms with Crippen LogP contribution in [0.1, 0.15) is 11.1 Å². The predicted octanol–water partition coefficient (Wildman–Crippen LogP) is 4.20. The van der Waals surface area contributed by atoms with Gasteiger partial charge in [-0.25, -0.2) is 0 Å². The Labute approximate surface area is 129 Å². The molecule has 3 heteroatoms. The maximum Gasteiger partial charge on any atom is 0.119 e. The van der Waals surface area contributed by atoms with Crippen LogP contribution in [0.4, 0.5) is 0 Å². The Hall–Kier alpha value is -3.12. The molecule has 0 amide bonds. The fourth-order valence-electron chi connectivity index (χ4n) is 2.19. The molecule has 0 N–H and O–H groups in total.